The third-order valence-electron chi connectivity index (χ3n) is 4.45. The summed E-state index contributed by atoms with van der Waals surface area (Å²) in [6, 6.07) is 10.7. The number of fused-ring (bicyclic) bond motifs is 1. The number of nitrogens with zero attached hydrogens (tertiary/aromatic N) is 1. The Kier molecular flexibility index (Phi) is 4.08. The second kappa shape index (κ2) is 5.98. The predicted molar refractivity (Wildman–Crippen MR) is 82.9 cm³/mol. The largest absolute Gasteiger partial charge is 0.459 e. The second-order valence-electron chi connectivity index (χ2n) is 6.01. The summed E-state index contributed by atoms with van der Waals surface area (Å²) in [6.07, 6.45) is 2.63. The van der Waals surface area contributed by atoms with Gasteiger partial charge in [0.15, 0.2) is 0 Å². The fourth-order valence-electron chi connectivity index (χ4n) is 3.00. The van der Waals surface area contributed by atoms with Crippen LogP contribution in [0.1, 0.15) is 31.6 Å². The Morgan fingerprint density at radius 1 is 1.30 bits per heavy atom. The topological polar surface area (TPSA) is 28.4 Å². The predicted octanol–water partition coefficient (Wildman–Crippen LogP) is 3.43. The highest BCUT2D eigenvalue weighted by atomic mass is 16.3. The fraction of sp³-hybridized carbons (Fsp3) is 0.529. The lowest BCUT2D eigenvalue weighted by Crippen LogP contribution is -2.38. The summed E-state index contributed by atoms with van der Waals surface area (Å²) in [4.78, 5) is 2.55. The van der Waals surface area contributed by atoms with Crippen LogP contribution in [0.15, 0.2) is 34.7 Å². The lowest BCUT2D eigenvalue weighted by molar-refractivity contribution is 0.171. The summed E-state index contributed by atoms with van der Waals surface area (Å²) in [6.45, 7) is 5.80. The number of hydrogen-bond acceptors (Lipinski definition) is 3. The quantitative estimate of drug-likeness (QED) is 0.924. The molecule has 1 N–H and O–H groups in total. The van der Waals surface area contributed by atoms with Crippen LogP contribution in [-0.2, 0) is 0 Å². The highest BCUT2D eigenvalue weighted by Gasteiger charge is 2.21. The fourth-order valence-corrected chi connectivity index (χ4v) is 3.00. The van der Waals surface area contributed by atoms with Crippen molar-refractivity contribution in [1.29, 1.82) is 0 Å². The van der Waals surface area contributed by atoms with Crippen molar-refractivity contribution in [3.05, 3.63) is 36.1 Å². The Morgan fingerprint density at radius 3 is 2.75 bits per heavy atom. The first-order chi connectivity index (χ1) is 9.76. The molecular weight excluding hydrogens is 248 g/mol. The Morgan fingerprint density at radius 2 is 2.05 bits per heavy atom. The van der Waals surface area contributed by atoms with E-state index in [1.54, 1.807) is 0 Å². The van der Waals surface area contributed by atoms with E-state index in [0.29, 0.717) is 0 Å². The zero-order valence-electron chi connectivity index (χ0n) is 12.4. The van der Waals surface area contributed by atoms with Crippen LogP contribution < -0.4 is 5.32 Å². The molecule has 1 aliphatic rings. The van der Waals surface area contributed by atoms with Gasteiger partial charge in [0.2, 0.25) is 0 Å². The van der Waals surface area contributed by atoms with Crippen LogP contribution in [0.2, 0.25) is 0 Å². The summed E-state index contributed by atoms with van der Waals surface area (Å²) in [5.74, 6) is 1.93. The molecular formula is C17H24N2O. The van der Waals surface area contributed by atoms with Crippen LogP contribution in [0.3, 0.4) is 0 Å². The van der Waals surface area contributed by atoms with Gasteiger partial charge in [0.1, 0.15) is 11.3 Å². The van der Waals surface area contributed by atoms with Crippen molar-refractivity contribution in [3.8, 4) is 0 Å². The molecule has 0 spiro atoms. The molecule has 2 aromatic rings. The first kappa shape index (κ1) is 13.7. The Labute approximate surface area is 120 Å². The molecule has 1 atom stereocenters. The van der Waals surface area contributed by atoms with Gasteiger partial charge in [-0.05, 0) is 51.0 Å². The van der Waals surface area contributed by atoms with Gasteiger partial charge in [-0.15, -0.1) is 0 Å². The number of piperidine rings is 1. The van der Waals surface area contributed by atoms with Crippen molar-refractivity contribution in [2.75, 3.05) is 26.7 Å². The van der Waals surface area contributed by atoms with Gasteiger partial charge < -0.3 is 14.6 Å². The number of para-hydroxylation sites is 1. The van der Waals surface area contributed by atoms with Crippen molar-refractivity contribution in [1.82, 2.24) is 10.2 Å². The molecule has 0 aliphatic carbocycles. The molecule has 3 rings (SSSR count). The molecule has 3 heteroatoms. The summed E-state index contributed by atoms with van der Waals surface area (Å²) < 4.78 is 5.99. The van der Waals surface area contributed by atoms with Gasteiger partial charge in [-0.25, -0.2) is 0 Å². The molecule has 0 radical (unpaired) electrons. The van der Waals surface area contributed by atoms with Gasteiger partial charge in [-0.2, -0.15) is 0 Å². The number of likely N-dealkylation sites (tertiary alicyclic amines) is 1. The lowest BCUT2D eigenvalue weighted by atomic mass is 9.99. The van der Waals surface area contributed by atoms with E-state index in [1.807, 2.05) is 19.2 Å². The maximum atomic E-state index is 5.99. The van der Waals surface area contributed by atoms with Crippen molar-refractivity contribution >= 4 is 11.0 Å². The minimum Gasteiger partial charge on any atom is -0.459 e. The van der Waals surface area contributed by atoms with Crippen LogP contribution >= 0.6 is 0 Å². The number of nitrogens with one attached hydrogen (secondary N) is 1. The van der Waals surface area contributed by atoms with Gasteiger partial charge in [0, 0.05) is 11.9 Å². The molecule has 1 fully saturated rings. The van der Waals surface area contributed by atoms with Crippen LogP contribution in [0, 0.1) is 5.92 Å². The normalized spacial score (nSPS) is 19.5. The number of furan rings is 1. The molecule has 1 unspecified atom stereocenters. The van der Waals surface area contributed by atoms with Crippen LogP contribution in [0.5, 0.6) is 0 Å². The van der Waals surface area contributed by atoms with Gasteiger partial charge in [0.05, 0.1) is 6.04 Å². The highest BCUT2D eigenvalue weighted by Crippen LogP contribution is 2.25. The SMILES string of the molecule is CNC(CN1CCC(C)CC1)c1cc2ccccc2o1. The second-order valence-corrected chi connectivity index (χ2v) is 6.01. The van der Waals surface area contributed by atoms with E-state index in [9.17, 15) is 0 Å². The molecule has 108 valence electrons. The van der Waals surface area contributed by atoms with Gasteiger partial charge in [-0.1, -0.05) is 25.1 Å². The maximum Gasteiger partial charge on any atom is 0.134 e. The minimum atomic E-state index is 0.274. The van der Waals surface area contributed by atoms with Gasteiger partial charge >= 0.3 is 0 Å². The van der Waals surface area contributed by atoms with Gasteiger partial charge in [-0.3, -0.25) is 0 Å². The zero-order valence-corrected chi connectivity index (χ0v) is 12.4. The zero-order chi connectivity index (χ0) is 13.9. The van der Waals surface area contributed by atoms with Crippen LogP contribution in [0.25, 0.3) is 11.0 Å². The number of benzene rings is 1. The van der Waals surface area contributed by atoms with E-state index in [4.69, 9.17) is 4.42 Å². The molecule has 0 saturated carbocycles. The van der Waals surface area contributed by atoms with Gasteiger partial charge in [0.25, 0.3) is 0 Å². The van der Waals surface area contributed by atoms with Crippen molar-refractivity contribution in [3.63, 3.8) is 0 Å². The molecule has 0 bridgehead atoms. The number of rotatable bonds is 4. The standard InChI is InChI=1S/C17H24N2O/c1-13-7-9-19(10-8-13)12-15(18-2)17-11-14-5-3-4-6-16(14)20-17/h3-6,11,13,15,18H,7-10,12H2,1-2H3. The minimum absolute atomic E-state index is 0.274. The first-order valence-corrected chi connectivity index (χ1v) is 7.64. The summed E-state index contributed by atoms with van der Waals surface area (Å²) in [7, 11) is 2.02. The average molecular weight is 272 g/mol. The van der Waals surface area contributed by atoms with E-state index in [-0.39, 0.29) is 6.04 Å². The Bertz CT molecular complexity index is 522. The molecule has 3 nitrogen and oxygen atoms in total. The van der Waals surface area contributed by atoms with E-state index in [2.05, 4.69) is 35.3 Å². The molecule has 1 aromatic carbocycles. The van der Waals surface area contributed by atoms with E-state index in [0.717, 1.165) is 23.8 Å². The molecule has 1 aliphatic heterocycles. The van der Waals surface area contributed by atoms with Crippen LogP contribution in [-0.4, -0.2) is 31.6 Å². The molecule has 20 heavy (non-hydrogen) atoms. The van der Waals surface area contributed by atoms with Crippen molar-refractivity contribution in [2.24, 2.45) is 5.92 Å². The summed E-state index contributed by atoms with van der Waals surface area (Å²) in [5.41, 5.74) is 0.981. The third-order valence-corrected chi connectivity index (χ3v) is 4.45. The third kappa shape index (κ3) is 2.89. The summed E-state index contributed by atoms with van der Waals surface area (Å²) >= 11 is 0. The molecule has 1 saturated heterocycles. The number of hydrogen-bond donors (Lipinski definition) is 1. The first-order valence-electron chi connectivity index (χ1n) is 7.64. The molecule has 2 heterocycles. The van der Waals surface area contributed by atoms with E-state index >= 15 is 0 Å². The highest BCUT2D eigenvalue weighted by molar-refractivity contribution is 5.77. The van der Waals surface area contributed by atoms with E-state index in [1.165, 1.54) is 31.3 Å². The molecule has 1 aromatic heterocycles. The lowest BCUT2D eigenvalue weighted by Gasteiger charge is -2.32. The van der Waals surface area contributed by atoms with Crippen molar-refractivity contribution in [2.45, 2.75) is 25.8 Å². The average Bonchev–Trinajstić information content (AvgIpc) is 2.90. The van der Waals surface area contributed by atoms with E-state index < -0.39 is 0 Å². The Hall–Kier alpha value is -1.32. The number of likely N-dealkylation sites (N-methyl/N-ethyl adjacent to an activating group) is 1. The smallest absolute Gasteiger partial charge is 0.134 e. The Balaban J connectivity index is 1.72. The monoisotopic (exact) mass is 272 g/mol. The summed E-state index contributed by atoms with van der Waals surface area (Å²) in [5, 5.41) is 4.59. The molecule has 0 amide bonds. The maximum absolute atomic E-state index is 5.99. The van der Waals surface area contributed by atoms with Crippen molar-refractivity contribution < 1.29 is 4.42 Å². The van der Waals surface area contributed by atoms with Crippen LogP contribution in [0.4, 0.5) is 0 Å².